The summed E-state index contributed by atoms with van der Waals surface area (Å²) >= 11 is 5.73. The number of benzene rings is 1. The molecule has 0 atom stereocenters. The second kappa shape index (κ2) is 5.69. The van der Waals surface area contributed by atoms with Gasteiger partial charge in [0.2, 0.25) is 0 Å². The van der Waals surface area contributed by atoms with Crippen LogP contribution in [0.4, 0.5) is 5.82 Å². The highest BCUT2D eigenvalue weighted by Gasteiger charge is 2.03. The fourth-order valence-corrected chi connectivity index (χ4v) is 1.82. The lowest BCUT2D eigenvalue weighted by Gasteiger charge is -2.18. The van der Waals surface area contributed by atoms with Crippen molar-refractivity contribution in [2.24, 2.45) is 0 Å². The molecule has 0 aliphatic carbocycles. The van der Waals surface area contributed by atoms with E-state index in [0.717, 1.165) is 17.9 Å². The zero-order valence-corrected chi connectivity index (χ0v) is 10.6. The maximum atomic E-state index is 5.73. The molecule has 0 aliphatic heterocycles. The highest BCUT2D eigenvalue weighted by atomic mass is 35.5. The Labute approximate surface area is 107 Å². The van der Waals surface area contributed by atoms with Gasteiger partial charge in [-0.1, -0.05) is 36.4 Å². The second-order valence-electron chi connectivity index (χ2n) is 4.00. The van der Waals surface area contributed by atoms with Gasteiger partial charge >= 0.3 is 0 Å². The number of aromatic nitrogens is 1. The largest absolute Gasteiger partial charge is 0.355 e. The molecule has 0 saturated carbocycles. The third-order valence-electron chi connectivity index (χ3n) is 2.62. The topological polar surface area (TPSA) is 16.1 Å². The van der Waals surface area contributed by atoms with E-state index in [4.69, 9.17) is 11.6 Å². The van der Waals surface area contributed by atoms with E-state index in [1.54, 1.807) is 0 Å². The molecule has 1 aromatic carbocycles. The molecule has 1 aromatic heterocycles. The first-order chi connectivity index (χ1) is 8.29. The van der Waals surface area contributed by atoms with Crippen LogP contribution in [0.15, 0.2) is 48.7 Å². The molecule has 0 bridgehead atoms. The van der Waals surface area contributed by atoms with Crippen molar-refractivity contribution in [3.63, 3.8) is 0 Å². The Morgan fingerprint density at radius 2 is 1.82 bits per heavy atom. The summed E-state index contributed by atoms with van der Waals surface area (Å²) in [6, 6.07) is 14.4. The van der Waals surface area contributed by atoms with E-state index in [1.807, 2.05) is 43.6 Å². The van der Waals surface area contributed by atoms with E-state index >= 15 is 0 Å². The number of hydrogen-bond acceptors (Lipinski definition) is 2. The van der Waals surface area contributed by atoms with Crippen LogP contribution in [0.2, 0.25) is 0 Å². The fraction of sp³-hybridized carbons (Fsp3) is 0.214. The smallest absolute Gasteiger partial charge is 0.128 e. The summed E-state index contributed by atoms with van der Waals surface area (Å²) in [7, 11) is 2.04. The standard InChI is InChI=1S/C14H15ClN2/c1-17(11-12-5-3-2-4-6-12)14-8-7-13(9-15)10-16-14/h2-8,10H,9,11H2,1H3. The van der Waals surface area contributed by atoms with E-state index in [9.17, 15) is 0 Å². The van der Waals surface area contributed by atoms with Crippen molar-refractivity contribution in [1.29, 1.82) is 0 Å². The van der Waals surface area contributed by atoms with Gasteiger partial charge in [-0.25, -0.2) is 4.98 Å². The summed E-state index contributed by atoms with van der Waals surface area (Å²) in [6.45, 7) is 0.855. The minimum Gasteiger partial charge on any atom is -0.355 e. The van der Waals surface area contributed by atoms with Crippen molar-refractivity contribution in [2.45, 2.75) is 12.4 Å². The maximum absolute atomic E-state index is 5.73. The third-order valence-corrected chi connectivity index (χ3v) is 2.93. The number of halogens is 1. The zero-order chi connectivity index (χ0) is 12.1. The molecule has 17 heavy (non-hydrogen) atoms. The first kappa shape index (κ1) is 11.9. The van der Waals surface area contributed by atoms with Gasteiger partial charge in [-0.05, 0) is 17.2 Å². The molecule has 0 fully saturated rings. The van der Waals surface area contributed by atoms with Crippen LogP contribution in [0.25, 0.3) is 0 Å². The molecular weight excluding hydrogens is 232 g/mol. The molecule has 2 rings (SSSR count). The van der Waals surface area contributed by atoms with Crippen molar-refractivity contribution >= 4 is 17.4 Å². The Kier molecular flexibility index (Phi) is 3.99. The third kappa shape index (κ3) is 3.21. The Morgan fingerprint density at radius 3 is 2.41 bits per heavy atom. The number of pyridine rings is 1. The minimum absolute atomic E-state index is 0.510. The summed E-state index contributed by atoms with van der Waals surface area (Å²) in [5.41, 5.74) is 2.32. The van der Waals surface area contributed by atoms with Gasteiger partial charge in [-0.3, -0.25) is 0 Å². The zero-order valence-electron chi connectivity index (χ0n) is 9.81. The van der Waals surface area contributed by atoms with Crippen LogP contribution in [0.1, 0.15) is 11.1 Å². The Bertz CT molecular complexity index is 453. The molecule has 0 aliphatic rings. The van der Waals surface area contributed by atoms with Crippen molar-refractivity contribution in [3.05, 3.63) is 59.8 Å². The predicted molar refractivity (Wildman–Crippen MR) is 72.3 cm³/mol. The maximum Gasteiger partial charge on any atom is 0.128 e. The molecule has 1 heterocycles. The van der Waals surface area contributed by atoms with Crippen LogP contribution in [0, 0.1) is 0 Å². The second-order valence-corrected chi connectivity index (χ2v) is 4.27. The van der Waals surface area contributed by atoms with E-state index in [-0.39, 0.29) is 0 Å². The highest BCUT2D eigenvalue weighted by Crippen LogP contribution is 2.13. The van der Waals surface area contributed by atoms with Crippen molar-refractivity contribution in [2.75, 3.05) is 11.9 Å². The summed E-state index contributed by atoms with van der Waals surface area (Å²) in [5, 5.41) is 0. The Balaban J connectivity index is 2.06. The normalized spacial score (nSPS) is 10.2. The molecule has 0 spiro atoms. The van der Waals surface area contributed by atoms with Crippen LogP contribution in [-0.4, -0.2) is 12.0 Å². The summed E-state index contributed by atoms with van der Waals surface area (Å²) < 4.78 is 0. The molecule has 0 unspecified atom stereocenters. The summed E-state index contributed by atoms with van der Waals surface area (Å²) in [5.74, 6) is 1.47. The minimum atomic E-state index is 0.510. The monoisotopic (exact) mass is 246 g/mol. The van der Waals surface area contributed by atoms with E-state index in [0.29, 0.717) is 5.88 Å². The quantitative estimate of drug-likeness (QED) is 0.768. The van der Waals surface area contributed by atoms with Gasteiger partial charge in [-0.15, -0.1) is 11.6 Å². The predicted octanol–water partition coefficient (Wildman–Crippen LogP) is 3.46. The van der Waals surface area contributed by atoms with E-state index in [1.165, 1.54) is 5.56 Å². The molecule has 3 heteroatoms. The van der Waals surface area contributed by atoms with E-state index < -0.39 is 0 Å². The highest BCUT2D eigenvalue weighted by molar-refractivity contribution is 6.17. The molecule has 0 saturated heterocycles. The molecule has 0 radical (unpaired) electrons. The molecule has 2 nitrogen and oxygen atoms in total. The van der Waals surface area contributed by atoms with Crippen LogP contribution in [-0.2, 0) is 12.4 Å². The SMILES string of the molecule is CN(Cc1ccccc1)c1ccc(CCl)cn1. The average molecular weight is 247 g/mol. The molecule has 2 aromatic rings. The van der Waals surface area contributed by atoms with Gasteiger partial charge in [0, 0.05) is 25.7 Å². The number of hydrogen-bond donors (Lipinski definition) is 0. The number of rotatable bonds is 4. The molecule has 0 amide bonds. The Morgan fingerprint density at radius 1 is 1.06 bits per heavy atom. The van der Waals surface area contributed by atoms with Crippen molar-refractivity contribution in [3.8, 4) is 0 Å². The fourth-order valence-electron chi connectivity index (χ4n) is 1.66. The molecule has 88 valence electrons. The molecule has 0 N–H and O–H groups in total. The summed E-state index contributed by atoms with van der Waals surface area (Å²) in [6.07, 6.45) is 1.82. The van der Waals surface area contributed by atoms with Crippen LogP contribution >= 0.6 is 11.6 Å². The summed E-state index contributed by atoms with van der Waals surface area (Å²) in [4.78, 5) is 6.51. The van der Waals surface area contributed by atoms with Gasteiger partial charge in [0.15, 0.2) is 0 Å². The van der Waals surface area contributed by atoms with Gasteiger partial charge in [0.25, 0.3) is 0 Å². The van der Waals surface area contributed by atoms with Crippen LogP contribution in [0.5, 0.6) is 0 Å². The number of alkyl halides is 1. The van der Waals surface area contributed by atoms with Gasteiger partial charge in [0.05, 0.1) is 0 Å². The van der Waals surface area contributed by atoms with Gasteiger partial charge in [-0.2, -0.15) is 0 Å². The van der Waals surface area contributed by atoms with Crippen LogP contribution in [0.3, 0.4) is 0 Å². The van der Waals surface area contributed by atoms with Gasteiger partial charge < -0.3 is 4.90 Å². The van der Waals surface area contributed by atoms with E-state index in [2.05, 4.69) is 22.0 Å². The first-order valence-corrected chi connectivity index (χ1v) is 6.09. The lowest BCUT2D eigenvalue weighted by Crippen LogP contribution is -2.17. The first-order valence-electron chi connectivity index (χ1n) is 5.55. The number of anilines is 1. The number of nitrogens with zero attached hydrogens (tertiary/aromatic N) is 2. The lowest BCUT2D eigenvalue weighted by atomic mass is 10.2. The van der Waals surface area contributed by atoms with Crippen LogP contribution < -0.4 is 4.90 Å². The lowest BCUT2D eigenvalue weighted by molar-refractivity contribution is 0.896. The van der Waals surface area contributed by atoms with Crippen molar-refractivity contribution < 1.29 is 0 Å². The average Bonchev–Trinajstić information content (AvgIpc) is 2.40. The Hall–Kier alpha value is -1.54. The molecular formula is C14H15ClN2. The van der Waals surface area contributed by atoms with Gasteiger partial charge in [0.1, 0.15) is 5.82 Å². The van der Waals surface area contributed by atoms with Crippen molar-refractivity contribution in [1.82, 2.24) is 4.98 Å².